The zero-order valence-electron chi connectivity index (χ0n) is 14.9. The number of likely N-dealkylation sites (tertiary alicyclic amines) is 1. The van der Waals surface area contributed by atoms with E-state index in [-0.39, 0.29) is 6.04 Å². The highest BCUT2D eigenvalue weighted by Crippen LogP contribution is 2.38. The second kappa shape index (κ2) is 6.49. The lowest BCUT2D eigenvalue weighted by Gasteiger charge is -2.38. The molecule has 0 amide bonds. The molecule has 0 bridgehead atoms. The van der Waals surface area contributed by atoms with Crippen molar-refractivity contribution >= 4 is 0 Å². The van der Waals surface area contributed by atoms with Crippen molar-refractivity contribution in [3.8, 4) is 0 Å². The summed E-state index contributed by atoms with van der Waals surface area (Å²) >= 11 is 0. The molecule has 1 N–H and O–H groups in total. The SMILES string of the molecule is CC(C)n1ncnc1CN1CCCC(O)(Cc2nc(C3CC3)no2)C1. The Labute approximate surface area is 147 Å². The predicted molar refractivity (Wildman–Crippen MR) is 89.8 cm³/mol. The molecular formula is C17H26N6O2. The fraction of sp³-hybridized carbons (Fsp3) is 0.765. The van der Waals surface area contributed by atoms with Gasteiger partial charge in [-0.3, -0.25) is 4.90 Å². The van der Waals surface area contributed by atoms with E-state index in [1.807, 2.05) is 4.68 Å². The molecule has 0 aromatic carbocycles. The van der Waals surface area contributed by atoms with E-state index in [2.05, 4.69) is 39.0 Å². The molecule has 1 saturated heterocycles. The smallest absolute Gasteiger partial charge is 0.229 e. The van der Waals surface area contributed by atoms with Gasteiger partial charge in [-0.2, -0.15) is 10.1 Å². The number of aromatic nitrogens is 5. The minimum absolute atomic E-state index is 0.278. The predicted octanol–water partition coefficient (Wildman–Crippen LogP) is 1.69. The third-order valence-electron chi connectivity index (χ3n) is 5.04. The summed E-state index contributed by atoms with van der Waals surface area (Å²) in [6.07, 6.45) is 6.00. The van der Waals surface area contributed by atoms with Gasteiger partial charge in [0.15, 0.2) is 5.82 Å². The molecule has 0 spiro atoms. The van der Waals surface area contributed by atoms with Crippen LogP contribution in [-0.2, 0) is 13.0 Å². The van der Waals surface area contributed by atoms with Gasteiger partial charge in [0.25, 0.3) is 0 Å². The molecule has 2 aliphatic rings. The average Bonchev–Trinajstić information content (AvgIpc) is 3.13. The molecule has 0 radical (unpaired) electrons. The van der Waals surface area contributed by atoms with E-state index < -0.39 is 5.60 Å². The quantitative estimate of drug-likeness (QED) is 0.850. The van der Waals surface area contributed by atoms with E-state index in [9.17, 15) is 5.11 Å². The van der Waals surface area contributed by atoms with Gasteiger partial charge >= 0.3 is 0 Å². The second-order valence-electron chi connectivity index (χ2n) is 7.75. The molecule has 4 rings (SSSR count). The van der Waals surface area contributed by atoms with Gasteiger partial charge in [-0.15, -0.1) is 0 Å². The number of hydrogen-bond acceptors (Lipinski definition) is 7. The minimum atomic E-state index is -0.825. The van der Waals surface area contributed by atoms with E-state index in [4.69, 9.17) is 4.52 Å². The maximum absolute atomic E-state index is 11.1. The fourth-order valence-corrected chi connectivity index (χ4v) is 3.63. The van der Waals surface area contributed by atoms with Gasteiger partial charge in [0.05, 0.1) is 18.6 Å². The summed E-state index contributed by atoms with van der Waals surface area (Å²) in [5.74, 6) is 2.76. The van der Waals surface area contributed by atoms with Crippen LogP contribution in [0, 0.1) is 0 Å². The van der Waals surface area contributed by atoms with Crippen molar-refractivity contribution in [3.63, 3.8) is 0 Å². The van der Waals surface area contributed by atoms with E-state index in [0.29, 0.717) is 31.3 Å². The van der Waals surface area contributed by atoms with E-state index in [0.717, 1.165) is 43.9 Å². The van der Waals surface area contributed by atoms with Crippen LogP contribution in [0.1, 0.15) is 69.0 Å². The van der Waals surface area contributed by atoms with Crippen LogP contribution in [0.2, 0.25) is 0 Å². The molecule has 2 aromatic rings. The van der Waals surface area contributed by atoms with Gasteiger partial charge in [0.1, 0.15) is 12.2 Å². The minimum Gasteiger partial charge on any atom is -0.388 e. The fourth-order valence-electron chi connectivity index (χ4n) is 3.63. The number of piperidine rings is 1. The first-order valence-corrected chi connectivity index (χ1v) is 9.18. The normalized spacial score (nSPS) is 25.0. The molecule has 3 heterocycles. The Morgan fingerprint density at radius 3 is 3.00 bits per heavy atom. The van der Waals surface area contributed by atoms with Crippen molar-refractivity contribution in [3.05, 3.63) is 23.9 Å². The van der Waals surface area contributed by atoms with E-state index in [1.165, 1.54) is 0 Å². The molecule has 1 aliphatic carbocycles. The molecule has 8 heteroatoms. The van der Waals surface area contributed by atoms with Crippen molar-refractivity contribution in [2.45, 2.75) is 70.1 Å². The average molecular weight is 346 g/mol. The lowest BCUT2D eigenvalue weighted by molar-refractivity contribution is -0.0383. The molecule has 2 fully saturated rings. The highest BCUT2D eigenvalue weighted by atomic mass is 16.5. The standard InChI is InChI=1S/C17H26N6O2/c1-12(2)23-14(18-11-19-23)9-22-7-3-6-17(24,10-22)8-15-20-16(21-25-15)13-4-5-13/h11-13,24H,3-10H2,1-2H3. The van der Waals surface area contributed by atoms with Crippen LogP contribution in [0.5, 0.6) is 0 Å². The number of hydrogen-bond donors (Lipinski definition) is 1. The summed E-state index contributed by atoms with van der Waals surface area (Å²) in [6, 6.07) is 0.278. The number of β-amino-alcohol motifs (C(OH)–C–C–N with tert-alkyl or cyclic N) is 1. The molecule has 1 unspecified atom stereocenters. The molecule has 1 saturated carbocycles. The second-order valence-corrected chi connectivity index (χ2v) is 7.75. The summed E-state index contributed by atoms with van der Waals surface area (Å²) in [6.45, 7) is 6.41. The highest BCUT2D eigenvalue weighted by molar-refractivity contribution is 5.05. The lowest BCUT2D eigenvalue weighted by atomic mass is 9.89. The van der Waals surface area contributed by atoms with E-state index in [1.54, 1.807) is 6.33 Å². The van der Waals surface area contributed by atoms with Crippen LogP contribution in [-0.4, -0.2) is 53.6 Å². The van der Waals surface area contributed by atoms with Gasteiger partial charge in [0.2, 0.25) is 5.89 Å². The zero-order chi connectivity index (χ0) is 17.4. The van der Waals surface area contributed by atoms with Gasteiger partial charge in [-0.05, 0) is 46.1 Å². The summed E-state index contributed by atoms with van der Waals surface area (Å²) < 4.78 is 7.30. The summed E-state index contributed by atoms with van der Waals surface area (Å²) in [4.78, 5) is 11.1. The van der Waals surface area contributed by atoms with Crippen LogP contribution in [0.25, 0.3) is 0 Å². The van der Waals surface area contributed by atoms with Gasteiger partial charge in [-0.1, -0.05) is 5.16 Å². The van der Waals surface area contributed by atoms with Crippen LogP contribution >= 0.6 is 0 Å². The topological polar surface area (TPSA) is 93.1 Å². The maximum Gasteiger partial charge on any atom is 0.229 e. The van der Waals surface area contributed by atoms with E-state index >= 15 is 0 Å². The van der Waals surface area contributed by atoms with Crippen molar-refractivity contribution < 1.29 is 9.63 Å². The van der Waals surface area contributed by atoms with Crippen LogP contribution in [0.15, 0.2) is 10.9 Å². The Morgan fingerprint density at radius 2 is 2.24 bits per heavy atom. The third-order valence-corrected chi connectivity index (χ3v) is 5.04. The first-order valence-electron chi connectivity index (χ1n) is 9.18. The summed E-state index contributed by atoms with van der Waals surface area (Å²) in [7, 11) is 0. The van der Waals surface area contributed by atoms with Gasteiger partial charge in [0, 0.05) is 18.5 Å². The van der Waals surface area contributed by atoms with Crippen LogP contribution in [0.3, 0.4) is 0 Å². The Kier molecular flexibility index (Phi) is 4.33. The Balaban J connectivity index is 1.41. The Bertz CT molecular complexity index is 722. The van der Waals surface area contributed by atoms with Crippen LogP contribution < -0.4 is 0 Å². The van der Waals surface area contributed by atoms with Crippen molar-refractivity contribution in [1.29, 1.82) is 0 Å². The number of aliphatic hydroxyl groups is 1. The first-order chi connectivity index (χ1) is 12.0. The lowest BCUT2D eigenvalue weighted by Crippen LogP contribution is -2.49. The molecule has 1 aliphatic heterocycles. The number of rotatable bonds is 6. The largest absolute Gasteiger partial charge is 0.388 e. The molecule has 136 valence electrons. The number of nitrogens with zero attached hydrogens (tertiary/aromatic N) is 6. The van der Waals surface area contributed by atoms with Crippen molar-refractivity contribution in [1.82, 2.24) is 29.8 Å². The van der Waals surface area contributed by atoms with Crippen molar-refractivity contribution in [2.24, 2.45) is 0 Å². The summed E-state index contributed by atoms with van der Waals surface area (Å²) in [5.41, 5.74) is -0.825. The third kappa shape index (κ3) is 3.74. The van der Waals surface area contributed by atoms with Crippen molar-refractivity contribution in [2.75, 3.05) is 13.1 Å². The highest BCUT2D eigenvalue weighted by Gasteiger charge is 2.37. The summed E-state index contributed by atoms with van der Waals surface area (Å²) in [5, 5.41) is 19.4. The zero-order valence-corrected chi connectivity index (χ0v) is 14.9. The van der Waals surface area contributed by atoms with Gasteiger partial charge < -0.3 is 9.63 Å². The van der Waals surface area contributed by atoms with Gasteiger partial charge in [-0.25, -0.2) is 9.67 Å². The molecule has 1 atom stereocenters. The maximum atomic E-state index is 11.1. The Hall–Kier alpha value is -1.80. The molecule has 2 aromatic heterocycles. The Morgan fingerprint density at radius 1 is 1.40 bits per heavy atom. The molecular weight excluding hydrogens is 320 g/mol. The first kappa shape index (κ1) is 16.7. The monoisotopic (exact) mass is 346 g/mol. The van der Waals surface area contributed by atoms with Crippen LogP contribution in [0.4, 0.5) is 0 Å². The molecule has 25 heavy (non-hydrogen) atoms. The molecule has 8 nitrogen and oxygen atoms in total.